The first-order valence-corrected chi connectivity index (χ1v) is 4.60. The summed E-state index contributed by atoms with van der Waals surface area (Å²) >= 11 is 0. The number of methoxy groups -OCH3 is 1. The third-order valence-corrected chi connectivity index (χ3v) is 2.60. The van der Waals surface area contributed by atoms with Crippen LogP contribution in [0.3, 0.4) is 0 Å². The fourth-order valence-electron chi connectivity index (χ4n) is 1.26. The minimum absolute atomic E-state index is 0.164. The summed E-state index contributed by atoms with van der Waals surface area (Å²) in [4.78, 5) is 11.2. The highest BCUT2D eigenvalue weighted by Gasteiger charge is 2.34. The predicted octanol–water partition coefficient (Wildman–Crippen LogP) is 0.0525. The fraction of sp³-hybridized carbons (Fsp3) is 0.889. The van der Waals surface area contributed by atoms with Crippen molar-refractivity contribution in [2.45, 2.75) is 37.9 Å². The van der Waals surface area contributed by atoms with Gasteiger partial charge in [0.25, 0.3) is 0 Å². The van der Waals surface area contributed by atoms with E-state index in [0.717, 1.165) is 19.3 Å². The Bertz CT molecular complexity index is 189. The average Bonchev–Trinajstić information content (AvgIpc) is 2.09. The van der Waals surface area contributed by atoms with E-state index in [-0.39, 0.29) is 5.91 Å². The van der Waals surface area contributed by atoms with E-state index in [1.165, 1.54) is 7.11 Å². The van der Waals surface area contributed by atoms with Crippen LogP contribution in [0.4, 0.5) is 0 Å². The lowest BCUT2D eigenvalue weighted by molar-refractivity contribution is -0.132. The average molecular weight is 187 g/mol. The quantitative estimate of drug-likeness (QED) is 0.654. The smallest absolute Gasteiger partial charge is 0.248 e. The Morgan fingerprint density at radius 1 is 1.69 bits per heavy atom. The van der Waals surface area contributed by atoms with Gasteiger partial charge in [0.1, 0.15) is 6.10 Å². The molecule has 0 aromatic carbocycles. The third-order valence-electron chi connectivity index (χ3n) is 2.60. The Kier molecular flexibility index (Phi) is 3.27. The van der Waals surface area contributed by atoms with Gasteiger partial charge in [0, 0.05) is 13.7 Å². The van der Waals surface area contributed by atoms with E-state index in [9.17, 15) is 9.90 Å². The first-order chi connectivity index (χ1) is 6.07. The zero-order valence-corrected chi connectivity index (χ0v) is 8.17. The summed E-state index contributed by atoms with van der Waals surface area (Å²) < 4.78 is 4.84. The number of amides is 1. The van der Waals surface area contributed by atoms with Crippen LogP contribution in [0.25, 0.3) is 0 Å². The molecule has 0 aliphatic heterocycles. The van der Waals surface area contributed by atoms with Gasteiger partial charge in [-0.1, -0.05) is 0 Å². The summed E-state index contributed by atoms with van der Waals surface area (Å²) in [5.41, 5.74) is -0.650. The maximum Gasteiger partial charge on any atom is 0.248 e. The Labute approximate surface area is 78.3 Å². The van der Waals surface area contributed by atoms with Crippen LogP contribution >= 0.6 is 0 Å². The van der Waals surface area contributed by atoms with Crippen molar-refractivity contribution >= 4 is 5.91 Å². The standard InChI is InChI=1S/C9H17NO3/c1-7(13-2)8(11)10-6-9(12)4-3-5-9/h7,12H,3-6H2,1-2H3,(H,10,11). The van der Waals surface area contributed by atoms with E-state index in [0.29, 0.717) is 6.54 Å². The van der Waals surface area contributed by atoms with E-state index in [4.69, 9.17) is 4.74 Å². The normalized spacial score (nSPS) is 21.8. The van der Waals surface area contributed by atoms with Gasteiger partial charge in [-0.3, -0.25) is 4.79 Å². The zero-order chi connectivity index (χ0) is 9.90. The van der Waals surface area contributed by atoms with Gasteiger partial charge in [0.05, 0.1) is 5.60 Å². The molecule has 76 valence electrons. The van der Waals surface area contributed by atoms with E-state index in [2.05, 4.69) is 5.32 Å². The Morgan fingerprint density at radius 3 is 2.69 bits per heavy atom. The topological polar surface area (TPSA) is 58.6 Å². The molecule has 0 heterocycles. The van der Waals surface area contributed by atoms with Crippen LogP contribution in [0.2, 0.25) is 0 Å². The summed E-state index contributed by atoms with van der Waals surface area (Å²) in [6.45, 7) is 2.03. The molecule has 1 aliphatic carbocycles. The largest absolute Gasteiger partial charge is 0.388 e. The van der Waals surface area contributed by atoms with Crippen molar-refractivity contribution in [2.24, 2.45) is 0 Å². The molecule has 1 amide bonds. The molecule has 0 aromatic heterocycles. The van der Waals surface area contributed by atoms with Crippen molar-refractivity contribution in [3.05, 3.63) is 0 Å². The molecule has 1 aliphatic rings. The molecule has 0 spiro atoms. The molecule has 2 N–H and O–H groups in total. The SMILES string of the molecule is COC(C)C(=O)NCC1(O)CCC1. The molecule has 13 heavy (non-hydrogen) atoms. The number of hydrogen-bond donors (Lipinski definition) is 2. The van der Waals surface area contributed by atoms with Gasteiger partial charge >= 0.3 is 0 Å². The molecule has 1 rings (SSSR count). The Balaban J connectivity index is 2.21. The van der Waals surface area contributed by atoms with Crippen LogP contribution in [0.5, 0.6) is 0 Å². The van der Waals surface area contributed by atoms with Crippen molar-refractivity contribution in [1.82, 2.24) is 5.32 Å². The molecular formula is C9H17NO3. The van der Waals surface area contributed by atoms with Crippen molar-refractivity contribution in [3.8, 4) is 0 Å². The highest BCUT2D eigenvalue weighted by Crippen LogP contribution is 2.30. The lowest BCUT2D eigenvalue weighted by Gasteiger charge is -2.36. The van der Waals surface area contributed by atoms with Gasteiger partial charge in [0.15, 0.2) is 0 Å². The fourth-order valence-corrected chi connectivity index (χ4v) is 1.26. The van der Waals surface area contributed by atoms with E-state index in [1.54, 1.807) is 6.92 Å². The Hall–Kier alpha value is -0.610. The number of carbonyl (C=O) groups is 1. The number of carbonyl (C=O) groups excluding carboxylic acids is 1. The lowest BCUT2D eigenvalue weighted by atomic mass is 9.80. The summed E-state index contributed by atoms with van der Waals surface area (Å²) in [7, 11) is 1.49. The van der Waals surface area contributed by atoms with Crippen LogP contribution < -0.4 is 5.32 Å². The molecule has 0 aromatic rings. The molecule has 1 unspecified atom stereocenters. The number of aliphatic hydroxyl groups is 1. The van der Waals surface area contributed by atoms with Crippen molar-refractivity contribution in [2.75, 3.05) is 13.7 Å². The zero-order valence-electron chi connectivity index (χ0n) is 8.17. The molecule has 1 fully saturated rings. The number of nitrogens with one attached hydrogen (secondary N) is 1. The monoisotopic (exact) mass is 187 g/mol. The highest BCUT2D eigenvalue weighted by molar-refractivity contribution is 5.80. The lowest BCUT2D eigenvalue weighted by Crippen LogP contribution is -2.49. The number of hydrogen-bond acceptors (Lipinski definition) is 3. The summed E-state index contributed by atoms with van der Waals surface area (Å²) in [5.74, 6) is -0.164. The van der Waals surface area contributed by atoms with Gasteiger partial charge in [0.2, 0.25) is 5.91 Å². The third kappa shape index (κ3) is 2.67. The molecule has 4 nitrogen and oxygen atoms in total. The number of ether oxygens (including phenoxy) is 1. The second-order valence-corrected chi connectivity index (χ2v) is 3.67. The predicted molar refractivity (Wildman–Crippen MR) is 48.3 cm³/mol. The van der Waals surface area contributed by atoms with E-state index < -0.39 is 11.7 Å². The van der Waals surface area contributed by atoms with Crippen molar-refractivity contribution in [1.29, 1.82) is 0 Å². The molecule has 1 saturated carbocycles. The second kappa shape index (κ2) is 4.07. The Morgan fingerprint density at radius 2 is 2.31 bits per heavy atom. The van der Waals surface area contributed by atoms with Crippen molar-refractivity contribution < 1.29 is 14.6 Å². The first-order valence-electron chi connectivity index (χ1n) is 4.60. The van der Waals surface area contributed by atoms with Crippen LogP contribution in [-0.4, -0.2) is 36.4 Å². The first kappa shape index (κ1) is 10.5. The molecule has 1 atom stereocenters. The molecular weight excluding hydrogens is 170 g/mol. The highest BCUT2D eigenvalue weighted by atomic mass is 16.5. The second-order valence-electron chi connectivity index (χ2n) is 3.67. The van der Waals surface area contributed by atoms with Gasteiger partial charge in [-0.25, -0.2) is 0 Å². The summed E-state index contributed by atoms with van der Waals surface area (Å²) in [6, 6.07) is 0. The maximum atomic E-state index is 11.2. The van der Waals surface area contributed by atoms with Crippen LogP contribution in [0.1, 0.15) is 26.2 Å². The van der Waals surface area contributed by atoms with Crippen LogP contribution in [0.15, 0.2) is 0 Å². The van der Waals surface area contributed by atoms with Gasteiger partial charge in [-0.15, -0.1) is 0 Å². The van der Waals surface area contributed by atoms with Crippen LogP contribution in [-0.2, 0) is 9.53 Å². The van der Waals surface area contributed by atoms with Crippen molar-refractivity contribution in [3.63, 3.8) is 0 Å². The maximum absolute atomic E-state index is 11.2. The summed E-state index contributed by atoms with van der Waals surface area (Å²) in [6.07, 6.45) is 2.18. The van der Waals surface area contributed by atoms with Gasteiger partial charge < -0.3 is 15.2 Å². The molecule has 0 radical (unpaired) electrons. The molecule has 0 bridgehead atoms. The minimum atomic E-state index is -0.650. The molecule has 0 saturated heterocycles. The number of rotatable bonds is 4. The molecule has 4 heteroatoms. The van der Waals surface area contributed by atoms with E-state index >= 15 is 0 Å². The van der Waals surface area contributed by atoms with Gasteiger partial charge in [-0.2, -0.15) is 0 Å². The summed E-state index contributed by atoms with van der Waals surface area (Å²) in [5, 5.41) is 12.3. The van der Waals surface area contributed by atoms with Crippen LogP contribution in [0, 0.1) is 0 Å². The van der Waals surface area contributed by atoms with Gasteiger partial charge in [-0.05, 0) is 26.2 Å². The minimum Gasteiger partial charge on any atom is -0.388 e. The van der Waals surface area contributed by atoms with E-state index in [1.807, 2.05) is 0 Å².